The zero-order chi connectivity index (χ0) is 12.3. The first-order valence-corrected chi connectivity index (χ1v) is 8.29. The van der Waals surface area contributed by atoms with Crippen LogP contribution in [0.5, 0.6) is 0 Å². The Bertz CT molecular complexity index is 247. The van der Waals surface area contributed by atoms with E-state index in [4.69, 9.17) is 0 Å². The average Bonchev–Trinajstić information content (AvgIpc) is 2.44. The minimum absolute atomic E-state index is 0. The van der Waals surface area contributed by atoms with Gasteiger partial charge in [-0.1, -0.05) is 19.3 Å². The summed E-state index contributed by atoms with van der Waals surface area (Å²) < 4.78 is 0. The molecule has 0 atom stereocenters. The zero-order valence-electron chi connectivity index (χ0n) is 12.3. The number of hydrogen-bond acceptors (Lipinski definition) is 2. The van der Waals surface area contributed by atoms with Gasteiger partial charge in [-0.15, -0.1) is 12.4 Å². The van der Waals surface area contributed by atoms with Crippen LogP contribution in [-0.4, -0.2) is 37.6 Å². The van der Waals surface area contributed by atoms with E-state index in [9.17, 15) is 0 Å². The maximum absolute atomic E-state index is 3.48. The lowest BCUT2D eigenvalue weighted by Gasteiger charge is -2.45. The molecule has 2 nitrogen and oxygen atoms in total. The number of nitrogens with zero attached hydrogens (tertiary/aromatic N) is 1. The van der Waals surface area contributed by atoms with Gasteiger partial charge in [0.1, 0.15) is 0 Å². The normalized spacial score (nSPS) is 29.1. The van der Waals surface area contributed by atoms with Gasteiger partial charge in [0.25, 0.3) is 0 Å². The van der Waals surface area contributed by atoms with Crippen molar-refractivity contribution < 1.29 is 0 Å². The molecule has 3 rings (SSSR count). The number of nitrogens with one attached hydrogen (secondary N) is 1. The molecule has 0 aromatic carbocycles. The smallest absolute Gasteiger partial charge is 0.00106 e. The summed E-state index contributed by atoms with van der Waals surface area (Å²) in [5.41, 5.74) is 0.781. The molecule has 1 aliphatic carbocycles. The quantitative estimate of drug-likeness (QED) is 0.836. The van der Waals surface area contributed by atoms with E-state index < -0.39 is 0 Å². The summed E-state index contributed by atoms with van der Waals surface area (Å²) in [7, 11) is 0. The van der Waals surface area contributed by atoms with E-state index in [0.29, 0.717) is 0 Å². The van der Waals surface area contributed by atoms with E-state index in [0.717, 1.165) is 11.3 Å². The maximum atomic E-state index is 3.48. The molecule has 0 amide bonds. The molecule has 0 radical (unpaired) electrons. The van der Waals surface area contributed by atoms with Gasteiger partial charge in [0.2, 0.25) is 0 Å². The van der Waals surface area contributed by atoms with Crippen LogP contribution in [0.25, 0.3) is 0 Å². The number of halogens is 1. The molecular formula is C16H31ClN2. The molecule has 1 spiro atoms. The Morgan fingerprint density at radius 1 is 0.895 bits per heavy atom. The summed E-state index contributed by atoms with van der Waals surface area (Å²) in [6.45, 7) is 6.68. The van der Waals surface area contributed by atoms with Gasteiger partial charge in [-0.25, -0.2) is 0 Å². The predicted molar refractivity (Wildman–Crippen MR) is 84.0 cm³/mol. The summed E-state index contributed by atoms with van der Waals surface area (Å²) in [6, 6.07) is 0. The van der Waals surface area contributed by atoms with E-state index in [1.54, 1.807) is 0 Å². The Morgan fingerprint density at radius 3 is 2.16 bits per heavy atom. The van der Waals surface area contributed by atoms with Gasteiger partial charge in [-0.05, 0) is 76.0 Å². The van der Waals surface area contributed by atoms with Crippen LogP contribution in [0.15, 0.2) is 0 Å². The Morgan fingerprint density at radius 2 is 1.53 bits per heavy atom. The van der Waals surface area contributed by atoms with Gasteiger partial charge in [0, 0.05) is 6.54 Å². The second-order valence-corrected chi connectivity index (χ2v) is 7.05. The summed E-state index contributed by atoms with van der Waals surface area (Å²) in [6.07, 6.45) is 13.4. The van der Waals surface area contributed by atoms with Crippen molar-refractivity contribution in [2.75, 3.05) is 32.7 Å². The summed E-state index contributed by atoms with van der Waals surface area (Å²) in [5, 5.41) is 3.48. The topological polar surface area (TPSA) is 15.3 Å². The minimum atomic E-state index is 0. The molecule has 19 heavy (non-hydrogen) atoms. The van der Waals surface area contributed by atoms with E-state index >= 15 is 0 Å². The first-order chi connectivity index (χ1) is 8.86. The average molecular weight is 287 g/mol. The van der Waals surface area contributed by atoms with E-state index in [-0.39, 0.29) is 12.4 Å². The van der Waals surface area contributed by atoms with Gasteiger partial charge < -0.3 is 10.2 Å². The van der Waals surface area contributed by atoms with Crippen LogP contribution < -0.4 is 5.32 Å². The third-order valence-electron chi connectivity index (χ3n) is 5.81. The molecule has 0 bridgehead atoms. The molecule has 1 saturated carbocycles. The Hall–Kier alpha value is 0.210. The molecule has 3 aliphatic rings. The van der Waals surface area contributed by atoms with Gasteiger partial charge in [0.05, 0.1) is 0 Å². The van der Waals surface area contributed by atoms with Crippen molar-refractivity contribution in [2.24, 2.45) is 11.3 Å². The molecule has 2 heterocycles. The van der Waals surface area contributed by atoms with Crippen molar-refractivity contribution in [3.05, 3.63) is 0 Å². The van der Waals surface area contributed by atoms with E-state index in [1.165, 1.54) is 90.5 Å². The third-order valence-corrected chi connectivity index (χ3v) is 5.81. The standard InChI is InChI=1S/C16H30N2.ClH/c1-2-6-16(7-3-1)8-12-18(13-9-16)14-15-4-10-17-11-5-15;/h15,17H,1-14H2;1H. The molecule has 0 aromatic heterocycles. The molecule has 0 aromatic rings. The molecule has 112 valence electrons. The fraction of sp³-hybridized carbons (Fsp3) is 1.00. The molecule has 2 saturated heterocycles. The van der Waals surface area contributed by atoms with Crippen LogP contribution in [0.4, 0.5) is 0 Å². The highest BCUT2D eigenvalue weighted by Crippen LogP contribution is 2.44. The molecule has 1 N–H and O–H groups in total. The van der Waals surface area contributed by atoms with E-state index in [1.807, 2.05) is 0 Å². The lowest BCUT2D eigenvalue weighted by atomic mass is 9.68. The molecule has 2 aliphatic heterocycles. The van der Waals surface area contributed by atoms with Crippen molar-refractivity contribution in [3.63, 3.8) is 0 Å². The highest BCUT2D eigenvalue weighted by molar-refractivity contribution is 5.85. The lowest BCUT2D eigenvalue weighted by Crippen LogP contribution is -2.44. The predicted octanol–water partition coefficient (Wildman–Crippen LogP) is 3.45. The minimum Gasteiger partial charge on any atom is -0.317 e. The van der Waals surface area contributed by atoms with E-state index in [2.05, 4.69) is 10.2 Å². The Labute approximate surface area is 125 Å². The summed E-state index contributed by atoms with van der Waals surface area (Å²) >= 11 is 0. The van der Waals surface area contributed by atoms with Gasteiger partial charge >= 0.3 is 0 Å². The molecule has 0 unspecified atom stereocenters. The fourth-order valence-corrected chi connectivity index (χ4v) is 4.44. The van der Waals surface area contributed by atoms with Crippen LogP contribution in [0, 0.1) is 11.3 Å². The molecular weight excluding hydrogens is 256 g/mol. The van der Waals surface area contributed by atoms with Gasteiger partial charge in [-0.2, -0.15) is 0 Å². The highest BCUT2D eigenvalue weighted by Gasteiger charge is 2.35. The molecule has 3 heteroatoms. The van der Waals surface area contributed by atoms with Crippen molar-refractivity contribution >= 4 is 12.4 Å². The second kappa shape index (κ2) is 7.28. The Balaban J connectivity index is 0.00000133. The monoisotopic (exact) mass is 286 g/mol. The second-order valence-electron chi connectivity index (χ2n) is 7.05. The highest BCUT2D eigenvalue weighted by atomic mass is 35.5. The van der Waals surface area contributed by atoms with Crippen molar-refractivity contribution in [1.82, 2.24) is 10.2 Å². The Kier molecular flexibility index (Phi) is 5.98. The van der Waals surface area contributed by atoms with Crippen LogP contribution in [0.1, 0.15) is 57.8 Å². The number of rotatable bonds is 2. The number of likely N-dealkylation sites (tertiary alicyclic amines) is 1. The van der Waals surface area contributed by atoms with Gasteiger partial charge in [-0.3, -0.25) is 0 Å². The van der Waals surface area contributed by atoms with Crippen LogP contribution in [0.2, 0.25) is 0 Å². The largest absolute Gasteiger partial charge is 0.317 e. The van der Waals surface area contributed by atoms with Crippen molar-refractivity contribution in [1.29, 1.82) is 0 Å². The lowest BCUT2D eigenvalue weighted by molar-refractivity contribution is 0.0568. The van der Waals surface area contributed by atoms with Crippen molar-refractivity contribution in [3.8, 4) is 0 Å². The zero-order valence-corrected chi connectivity index (χ0v) is 13.1. The molecule has 3 fully saturated rings. The first kappa shape index (κ1) is 15.6. The number of piperidine rings is 2. The van der Waals surface area contributed by atoms with Crippen LogP contribution in [0.3, 0.4) is 0 Å². The maximum Gasteiger partial charge on any atom is 0.00106 e. The summed E-state index contributed by atoms with van der Waals surface area (Å²) in [5.74, 6) is 0.978. The van der Waals surface area contributed by atoms with Crippen LogP contribution >= 0.6 is 12.4 Å². The van der Waals surface area contributed by atoms with Crippen molar-refractivity contribution in [2.45, 2.75) is 57.8 Å². The number of hydrogen-bond donors (Lipinski definition) is 1. The third kappa shape index (κ3) is 4.09. The first-order valence-electron chi connectivity index (χ1n) is 8.29. The summed E-state index contributed by atoms with van der Waals surface area (Å²) in [4.78, 5) is 2.77. The van der Waals surface area contributed by atoms with Gasteiger partial charge in [0.15, 0.2) is 0 Å². The SMILES string of the molecule is C1CCC2(CC1)CCN(CC1CCNCC1)CC2.Cl. The fourth-order valence-electron chi connectivity index (χ4n) is 4.44. The van der Waals surface area contributed by atoms with Crippen LogP contribution in [-0.2, 0) is 0 Å².